The minimum absolute atomic E-state index is 0.126. The van der Waals surface area contributed by atoms with Gasteiger partial charge in [0.25, 0.3) is 5.69 Å². The molecule has 1 heterocycles. The standard InChI is InChI=1S/C20H25N3O3/c1-26-20-5-3-2-4-18(20)15-9-12-22(13-10-15)19-7-6-17(23(24)25)14-16(19)8-11-21/h2-7,14-15H,8-13,21H2,1H3. The lowest BCUT2D eigenvalue weighted by atomic mass is 9.88. The molecule has 1 saturated heterocycles. The molecule has 0 bridgehead atoms. The van der Waals surface area contributed by atoms with Crippen LogP contribution in [0, 0.1) is 10.1 Å². The van der Waals surface area contributed by atoms with Crippen molar-refractivity contribution in [2.75, 3.05) is 31.6 Å². The highest BCUT2D eigenvalue weighted by atomic mass is 16.6. The number of hydrogen-bond donors (Lipinski definition) is 1. The van der Waals surface area contributed by atoms with Crippen LogP contribution in [0.4, 0.5) is 11.4 Å². The number of nitro benzene ring substituents is 1. The highest BCUT2D eigenvalue weighted by molar-refractivity contribution is 5.58. The number of hydrogen-bond acceptors (Lipinski definition) is 5. The summed E-state index contributed by atoms with van der Waals surface area (Å²) in [5, 5.41) is 11.1. The zero-order valence-corrected chi connectivity index (χ0v) is 15.1. The molecule has 1 fully saturated rings. The first-order chi connectivity index (χ1) is 12.6. The van der Waals surface area contributed by atoms with Crippen molar-refractivity contribution in [2.45, 2.75) is 25.2 Å². The van der Waals surface area contributed by atoms with Gasteiger partial charge in [0.2, 0.25) is 0 Å². The Balaban J connectivity index is 1.76. The van der Waals surface area contributed by atoms with Crippen LogP contribution in [0.1, 0.15) is 29.9 Å². The van der Waals surface area contributed by atoms with E-state index in [-0.39, 0.29) is 10.6 Å². The predicted molar refractivity (Wildman–Crippen MR) is 103 cm³/mol. The van der Waals surface area contributed by atoms with E-state index in [1.165, 1.54) is 5.56 Å². The van der Waals surface area contributed by atoms with E-state index in [0.29, 0.717) is 18.9 Å². The molecule has 2 aromatic rings. The number of nitrogens with zero attached hydrogens (tertiary/aromatic N) is 2. The number of anilines is 1. The van der Waals surface area contributed by atoms with E-state index in [4.69, 9.17) is 10.5 Å². The van der Waals surface area contributed by atoms with Crippen LogP contribution in [0.3, 0.4) is 0 Å². The van der Waals surface area contributed by atoms with Gasteiger partial charge in [-0.3, -0.25) is 10.1 Å². The van der Waals surface area contributed by atoms with Gasteiger partial charge < -0.3 is 15.4 Å². The van der Waals surface area contributed by atoms with Crippen molar-refractivity contribution in [3.8, 4) is 5.75 Å². The molecular formula is C20H25N3O3. The average molecular weight is 355 g/mol. The van der Waals surface area contributed by atoms with E-state index in [1.807, 2.05) is 18.2 Å². The molecule has 6 heteroatoms. The number of rotatable bonds is 6. The number of methoxy groups -OCH3 is 1. The molecule has 1 aliphatic heterocycles. The second-order valence-electron chi connectivity index (χ2n) is 6.61. The summed E-state index contributed by atoms with van der Waals surface area (Å²) >= 11 is 0. The summed E-state index contributed by atoms with van der Waals surface area (Å²) in [5.41, 5.74) is 9.13. The molecule has 0 radical (unpaired) electrons. The number of ether oxygens (including phenoxy) is 1. The van der Waals surface area contributed by atoms with Gasteiger partial charge >= 0.3 is 0 Å². The van der Waals surface area contributed by atoms with Gasteiger partial charge in [-0.05, 0) is 55.0 Å². The number of nitrogens with two attached hydrogens (primary N) is 1. The second-order valence-corrected chi connectivity index (χ2v) is 6.61. The summed E-state index contributed by atoms with van der Waals surface area (Å²) in [5.74, 6) is 1.42. The highest BCUT2D eigenvalue weighted by Gasteiger charge is 2.24. The fourth-order valence-corrected chi connectivity index (χ4v) is 3.78. The summed E-state index contributed by atoms with van der Waals surface area (Å²) < 4.78 is 5.51. The van der Waals surface area contributed by atoms with Crippen LogP contribution < -0.4 is 15.4 Å². The lowest BCUT2D eigenvalue weighted by molar-refractivity contribution is -0.384. The average Bonchev–Trinajstić information content (AvgIpc) is 2.68. The quantitative estimate of drug-likeness (QED) is 0.634. The minimum Gasteiger partial charge on any atom is -0.496 e. The van der Waals surface area contributed by atoms with Gasteiger partial charge in [-0.25, -0.2) is 0 Å². The molecule has 2 aromatic carbocycles. The van der Waals surface area contributed by atoms with E-state index >= 15 is 0 Å². The number of non-ortho nitro benzene ring substituents is 1. The number of benzene rings is 2. The predicted octanol–water partition coefficient (Wildman–Crippen LogP) is 3.49. The monoisotopic (exact) mass is 355 g/mol. The van der Waals surface area contributed by atoms with Crippen molar-refractivity contribution >= 4 is 11.4 Å². The van der Waals surface area contributed by atoms with Gasteiger partial charge in [0, 0.05) is 30.9 Å². The molecule has 0 aromatic heterocycles. The van der Waals surface area contributed by atoms with Crippen LogP contribution in [0.5, 0.6) is 5.75 Å². The molecule has 0 aliphatic carbocycles. The van der Waals surface area contributed by atoms with Gasteiger partial charge in [-0.1, -0.05) is 18.2 Å². The molecule has 138 valence electrons. The van der Waals surface area contributed by atoms with Crippen molar-refractivity contribution in [3.05, 3.63) is 63.7 Å². The Kier molecular flexibility index (Phi) is 5.73. The maximum Gasteiger partial charge on any atom is 0.269 e. The first kappa shape index (κ1) is 18.2. The molecule has 0 saturated carbocycles. The smallest absolute Gasteiger partial charge is 0.269 e. The van der Waals surface area contributed by atoms with Gasteiger partial charge in [-0.15, -0.1) is 0 Å². The molecule has 3 rings (SSSR count). The number of nitro groups is 1. The summed E-state index contributed by atoms with van der Waals surface area (Å²) in [4.78, 5) is 13.0. The summed E-state index contributed by atoms with van der Waals surface area (Å²) in [6.45, 7) is 2.31. The summed E-state index contributed by atoms with van der Waals surface area (Å²) in [6, 6.07) is 13.3. The topological polar surface area (TPSA) is 81.6 Å². The minimum atomic E-state index is -0.349. The van der Waals surface area contributed by atoms with Crippen molar-refractivity contribution in [2.24, 2.45) is 5.73 Å². The Morgan fingerprint density at radius 3 is 2.62 bits per heavy atom. The molecular weight excluding hydrogens is 330 g/mol. The van der Waals surface area contributed by atoms with E-state index in [0.717, 1.165) is 42.9 Å². The molecule has 0 unspecified atom stereocenters. The Morgan fingerprint density at radius 2 is 1.96 bits per heavy atom. The Morgan fingerprint density at radius 1 is 1.23 bits per heavy atom. The van der Waals surface area contributed by atoms with Crippen LogP contribution in [0.2, 0.25) is 0 Å². The van der Waals surface area contributed by atoms with Gasteiger partial charge in [0.05, 0.1) is 12.0 Å². The van der Waals surface area contributed by atoms with E-state index in [2.05, 4.69) is 17.0 Å². The highest BCUT2D eigenvalue weighted by Crippen LogP contribution is 2.36. The molecule has 26 heavy (non-hydrogen) atoms. The van der Waals surface area contributed by atoms with Crippen LogP contribution in [0.15, 0.2) is 42.5 Å². The third-order valence-corrected chi connectivity index (χ3v) is 5.10. The molecule has 0 atom stereocenters. The molecule has 6 nitrogen and oxygen atoms in total. The van der Waals surface area contributed by atoms with Crippen LogP contribution >= 0.6 is 0 Å². The van der Waals surface area contributed by atoms with Gasteiger partial charge in [0.15, 0.2) is 0 Å². The van der Waals surface area contributed by atoms with E-state index < -0.39 is 0 Å². The summed E-state index contributed by atoms with van der Waals surface area (Å²) in [7, 11) is 1.71. The zero-order valence-electron chi connectivity index (χ0n) is 15.1. The third-order valence-electron chi connectivity index (χ3n) is 5.10. The second kappa shape index (κ2) is 8.19. The van der Waals surface area contributed by atoms with Crippen molar-refractivity contribution in [1.82, 2.24) is 0 Å². The zero-order chi connectivity index (χ0) is 18.5. The fourth-order valence-electron chi connectivity index (χ4n) is 3.78. The lowest BCUT2D eigenvalue weighted by Gasteiger charge is -2.35. The number of piperidine rings is 1. The van der Waals surface area contributed by atoms with Crippen LogP contribution in [0.25, 0.3) is 0 Å². The maximum atomic E-state index is 11.1. The Bertz CT molecular complexity index is 771. The summed E-state index contributed by atoms with van der Waals surface area (Å²) in [6.07, 6.45) is 2.70. The van der Waals surface area contributed by atoms with E-state index in [9.17, 15) is 10.1 Å². The fraction of sp³-hybridized carbons (Fsp3) is 0.400. The molecule has 1 aliphatic rings. The van der Waals surface area contributed by atoms with Crippen molar-refractivity contribution in [3.63, 3.8) is 0 Å². The lowest BCUT2D eigenvalue weighted by Crippen LogP contribution is -2.33. The molecule has 2 N–H and O–H groups in total. The molecule has 0 amide bonds. The first-order valence-electron chi connectivity index (χ1n) is 8.99. The van der Waals surface area contributed by atoms with Gasteiger partial charge in [0.1, 0.15) is 5.75 Å². The largest absolute Gasteiger partial charge is 0.496 e. The van der Waals surface area contributed by atoms with Gasteiger partial charge in [-0.2, -0.15) is 0 Å². The SMILES string of the molecule is COc1ccccc1C1CCN(c2ccc([N+](=O)[O-])cc2CCN)CC1. The molecule has 0 spiro atoms. The maximum absolute atomic E-state index is 11.1. The third kappa shape index (κ3) is 3.80. The van der Waals surface area contributed by atoms with Crippen molar-refractivity contribution < 1.29 is 9.66 Å². The van der Waals surface area contributed by atoms with E-state index in [1.54, 1.807) is 19.2 Å². The van der Waals surface area contributed by atoms with Crippen LogP contribution in [-0.4, -0.2) is 31.7 Å². The number of para-hydroxylation sites is 1. The Hall–Kier alpha value is -2.60. The van der Waals surface area contributed by atoms with Crippen molar-refractivity contribution in [1.29, 1.82) is 0 Å². The Labute approximate surface area is 153 Å². The van der Waals surface area contributed by atoms with Crippen LogP contribution in [-0.2, 0) is 6.42 Å². The normalized spacial score (nSPS) is 15.1. The first-order valence-corrected chi connectivity index (χ1v) is 8.99.